The first-order valence-corrected chi connectivity index (χ1v) is 3.87. The summed E-state index contributed by atoms with van der Waals surface area (Å²) in [4.78, 5) is 3.18. The second kappa shape index (κ2) is 2.76. The zero-order valence-corrected chi connectivity index (χ0v) is 6.57. The van der Waals surface area contributed by atoms with Gasteiger partial charge in [0, 0.05) is 6.08 Å². The Bertz CT molecular complexity index is 385. The van der Waals surface area contributed by atoms with Crippen LogP contribution in [0.4, 0.5) is 0 Å². The van der Waals surface area contributed by atoms with Crippen LogP contribution in [0, 0.1) is 0 Å². The number of nitrogens with zero attached hydrogens (tertiary/aromatic N) is 2. The molecule has 0 aliphatic heterocycles. The third-order valence-corrected chi connectivity index (χ3v) is 2.01. The van der Waals surface area contributed by atoms with Crippen molar-refractivity contribution in [1.82, 2.24) is 0 Å². The molecule has 0 N–H and O–H groups in total. The molecule has 1 aliphatic rings. The van der Waals surface area contributed by atoms with Crippen molar-refractivity contribution < 1.29 is 4.79 Å². The molecule has 0 fully saturated rings. The van der Waals surface area contributed by atoms with Gasteiger partial charge in [-0.1, -0.05) is 24.3 Å². The molecule has 58 valence electrons. The number of hydrogen-bond acceptors (Lipinski definition) is 0. The third kappa shape index (κ3) is 1.09. The van der Waals surface area contributed by atoms with E-state index in [1.165, 1.54) is 11.1 Å². The van der Waals surface area contributed by atoms with E-state index in [0.717, 1.165) is 6.42 Å². The first-order valence-electron chi connectivity index (χ1n) is 3.87. The molecule has 0 unspecified atom stereocenters. The van der Waals surface area contributed by atoms with Crippen molar-refractivity contribution in [2.24, 2.45) is 0 Å². The highest BCUT2D eigenvalue weighted by Gasteiger charge is 2.12. The summed E-state index contributed by atoms with van der Waals surface area (Å²) in [7, 11) is 0. The molecule has 1 aliphatic carbocycles. The van der Waals surface area contributed by atoms with Crippen LogP contribution >= 0.6 is 0 Å². The SMILES string of the molecule is [N-]=[N+]=C1C=Cc2ccccc2C1. The monoisotopic (exact) mass is 156 g/mol. The summed E-state index contributed by atoms with van der Waals surface area (Å²) in [5, 5.41) is 0. The highest BCUT2D eigenvalue weighted by molar-refractivity contribution is 5.98. The summed E-state index contributed by atoms with van der Waals surface area (Å²) in [6.07, 6.45) is 4.53. The molecule has 0 atom stereocenters. The Morgan fingerprint density at radius 3 is 2.83 bits per heavy atom. The molecule has 0 aromatic heterocycles. The van der Waals surface area contributed by atoms with Crippen LogP contribution in [0.5, 0.6) is 0 Å². The average Bonchev–Trinajstić information content (AvgIpc) is 2.17. The quantitative estimate of drug-likeness (QED) is 0.406. The Kier molecular flexibility index (Phi) is 1.61. The van der Waals surface area contributed by atoms with Crippen LogP contribution in [0.15, 0.2) is 30.3 Å². The average molecular weight is 156 g/mol. The molecule has 0 amide bonds. The standard InChI is InChI=1S/C10H8N2/c11-12-10-6-5-8-3-1-2-4-9(8)7-10/h1-6H,7H2. The Morgan fingerprint density at radius 1 is 1.17 bits per heavy atom. The Labute approximate surface area is 70.8 Å². The number of benzene rings is 1. The Morgan fingerprint density at radius 2 is 2.00 bits per heavy atom. The van der Waals surface area contributed by atoms with E-state index in [2.05, 4.69) is 10.9 Å². The molecular weight excluding hydrogens is 148 g/mol. The predicted molar refractivity (Wildman–Crippen MR) is 47.8 cm³/mol. The van der Waals surface area contributed by atoms with E-state index in [9.17, 15) is 0 Å². The normalized spacial score (nSPS) is 13.8. The highest BCUT2D eigenvalue weighted by Crippen LogP contribution is 2.15. The summed E-state index contributed by atoms with van der Waals surface area (Å²) < 4.78 is 0. The van der Waals surface area contributed by atoms with Gasteiger partial charge in [0.15, 0.2) is 0 Å². The van der Waals surface area contributed by atoms with Crippen LogP contribution in [-0.2, 0) is 6.42 Å². The van der Waals surface area contributed by atoms with Gasteiger partial charge < -0.3 is 5.53 Å². The van der Waals surface area contributed by atoms with Crippen LogP contribution in [0.2, 0.25) is 0 Å². The van der Waals surface area contributed by atoms with Gasteiger partial charge in [0.25, 0.3) is 5.71 Å². The summed E-state index contributed by atoms with van der Waals surface area (Å²) in [5.41, 5.74) is 11.7. The van der Waals surface area contributed by atoms with Gasteiger partial charge in [-0.25, -0.2) is 0 Å². The van der Waals surface area contributed by atoms with Crippen molar-refractivity contribution in [2.75, 3.05) is 0 Å². The molecule has 0 saturated heterocycles. The molecule has 0 heterocycles. The molecule has 0 saturated carbocycles. The number of allylic oxidation sites excluding steroid dienone is 1. The largest absolute Gasteiger partial charge is 0.361 e. The molecule has 0 radical (unpaired) electrons. The molecule has 2 heteroatoms. The van der Waals surface area contributed by atoms with Gasteiger partial charge in [-0.05, 0) is 17.2 Å². The van der Waals surface area contributed by atoms with Crippen LogP contribution in [0.25, 0.3) is 11.6 Å². The van der Waals surface area contributed by atoms with E-state index >= 15 is 0 Å². The predicted octanol–water partition coefficient (Wildman–Crippen LogP) is 1.93. The zero-order valence-electron chi connectivity index (χ0n) is 6.57. The first-order chi connectivity index (χ1) is 5.90. The van der Waals surface area contributed by atoms with Crippen molar-refractivity contribution in [3.8, 4) is 0 Å². The minimum absolute atomic E-state index is 0.716. The Hall–Kier alpha value is -1.66. The van der Waals surface area contributed by atoms with E-state index < -0.39 is 0 Å². The molecular formula is C10H8N2. The fraction of sp³-hybridized carbons (Fsp3) is 0.100. The number of hydrogen-bond donors (Lipinski definition) is 0. The van der Waals surface area contributed by atoms with E-state index in [0.29, 0.717) is 5.71 Å². The van der Waals surface area contributed by atoms with Gasteiger partial charge in [0.2, 0.25) is 0 Å². The van der Waals surface area contributed by atoms with Crippen LogP contribution < -0.4 is 0 Å². The second-order valence-electron chi connectivity index (χ2n) is 2.80. The fourth-order valence-electron chi connectivity index (χ4n) is 1.37. The van der Waals surface area contributed by atoms with Crippen LogP contribution in [-0.4, -0.2) is 10.5 Å². The van der Waals surface area contributed by atoms with Crippen molar-refractivity contribution in [3.05, 3.63) is 47.0 Å². The van der Waals surface area contributed by atoms with Gasteiger partial charge in [-0.15, -0.1) is 0 Å². The number of rotatable bonds is 0. The maximum absolute atomic E-state index is 8.55. The van der Waals surface area contributed by atoms with Gasteiger partial charge in [0.1, 0.15) is 0 Å². The highest BCUT2D eigenvalue weighted by atomic mass is 14.8. The lowest BCUT2D eigenvalue weighted by atomic mass is 9.96. The lowest BCUT2D eigenvalue weighted by Crippen LogP contribution is -2.06. The lowest BCUT2D eigenvalue weighted by molar-refractivity contribution is -0.00553. The van der Waals surface area contributed by atoms with E-state index in [4.69, 9.17) is 5.53 Å². The van der Waals surface area contributed by atoms with Crippen LogP contribution in [0.3, 0.4) is 0 Å². The minimum atomic E-state index is 0.716. The molecule has 1 aromatic carbocycles. The fourth-order valence-corrected chi connectivity index (χ4v) is 1.37. The number of fused-ring (bicyclic) bond motifs is 1. The molecule has 1 aromatic rings. The summed E-state index contributed by atoms with van der Waals surface area (Å²) >= 11 is 0. The molecule has 12 heavy (non-hydrogen) atoms. The molecule has 0 bridgehead atoms. The first kappa shape index (κ1) is 7.01. The van der Waals surface area contributed by atoms with Gasteiger partial charge in [0.05, 0.1) is 6.42 Å². The molecule has 2 nitrogen and oxygen atoms in total. The zero-order chi connectivity index (χ0) is 8.39. The topological polar surface area (TPSA) is 36.4 Å². The molecule has 2 rings (SSSR count). The van der Waals surface area contributed by atoms with Crippen molar-refractivity contribution in [1.29, 1.82) is 0 Å². The smallest absolute Gasteiger partial charge is 0.296 e. The molecule has 0 spiro atoms. The Balaban J connectivity index is 2.52. The second-order valence-corrected chi connectivity index (χ2v) is 2.80. The van der Waals surface area contributed by atoms with Crippen LogP contribution in [0.1, 0.15) is 11.1 Å². The minimum Gasteiger partial charge on any atom is -0.361 e. The maximum atomic E-state index is 8.55. The maximum Gasteiger partial charge on any atom is 0.296 e. The van der Waals surface area contributed by atoms with E-state index in [1.54, 1.807) is 0 Å². The van der Waals surface area contributed by atoms with Crippen molar-refractivity contribution >= 4 is 11.8 Å². The summed E-state index contributed by atoms with van der Waals surface area (Å²) in [5.74, 6) is 0. The lowest BCUT2D eigenvalue weighted by Gasteiger charge is -2.05. The summed E-state index contributed by atoms with van der Waals surface area (Å²) in [6, 6.07) is 8.10. The van der Waals surface area contributed by atoms with Crippen molar-refractivity contribution in [2.45, 2.75) is 6.42 Å². The van der Waals surface area contributed by atoms with Gasteiger partial charge in [-0.2, -0.15) is 4.79 Å². The van der Waals surface area contributed by atoms with Gasteiger partial charge in [-0.3, -0.25) is 0 Å². The van der Waals surface area contributed by atoms with E-state index in [1.807, 2.05) is 30.4 Å². The summed E-state index contributed by atoms with van der Waals surface area (Å²) in [6.45, 7) is 0. The third-order valence-electron chi connectivity index (χ3n) is 2.01. The van der Waals surface area contributed by atoms with Crippen molar-refractivity contribution in [3.63, 3.8) is 0 Å². The van der Waals surface area contributed by atoms with Gasteiger partial charge >= 0.3 is 0 Å². The van der Waals surface area contributed by atoms with E-state index in [-0.39, 0.29) is 0 Å².